The highest BCUT2D eigenvalue weighted by atomic mass is 127. The number of hydrogen-bond donors (Lipinski definition) is 1. The molecule has 0 radical (unpaired) electrons. The molecule has 0 saturated carbocycles. The molecule has 1 saturated heterocycles. The summed E-state index contributed by atoms with van der Waals surface area (Å²) >= 11 is 0. The maximum absolute atomic E-state index is 13.0. The van der Waals surface area contributed by atoms with Crippen LogP contribution in [-0.4, -0.2) is 43.6 Å². The highest BCUT2D eigenvalue weighted by Crippen LogP contribution is 2.32. The third-order valence-electron chi connectivity index (χ3n) is 4.49. The number of nitrogens with one attached hydrogen (secondary N) is 1. The van der Waals surface area contributed by atoms with Crippen molar-refractivity contribution in [2.45, 2.75) is 25.6 Å². The summed E-state index contributed by atoms with van der Waals surface area (Å²) < 4.78 is 50.1. The average Bonchev–Trinajstić information content (AvgIpc) is 3.20. The van der Waals surface area contributed by atoms with Gasteiger partial charge in [0, 0.05) is 26.1 Å². The van der Waals surface area contributed by atoms with Gasteiger partial charge < -0.3 is 19.4 Å². The largest absolute Gasteiger partial charge is 0.469 e. The number of morpholine rings is 1. The summed E-state index contributed by atoms with van der Waals surface area (Å²) in [5.74, 6) is 1.60. The van der Waals surface area contributed by atoms with Crippen LogP contribution < -0.4 is 5.32 Å². The van der Waals surface area contributed by atoms with Gasteiger partial charge in [-0.1, -0.05) is 12.1 Å². The van der Waals surface area contributed by atoms with Crippen LogP contribution >= 0.6 is 24.0 Å². The molecule has 1 fully saturated rings. The molecular weight excluding hydrogens is 498 g/mol. The van der Waals surface area contributed by atoms with E-state index in [1.807, 2.05) is 24.0 Å². The molecule has 1 N–H and O–H groups in total. The number of guanidine groups is 1. The van der Waals surface area contributed by atoms with E-state index in [9.17, 15) is 13.2 Å². The van der Waals surface area contributed by atoms with Crippen molar-refractivity contribution < 1.29 is 22.3 Å². The second-order valence-electron chi connectivity index (χ2n) is 6.49. The first-order valence-corrected chi connectivity index (χ1v) is 9.31. The molecule has 2 aromatic rings. The lowest BCUT2D eigenvalue weighted by atomic mass is 10.0. The normalized spacial score (nSPS) is 17.7. The number of rotatable bonds is 5. The van der Waals surface area contributed by atoms with Gasteiger partial charge in [-0.05, 0) is 36.8 Å². The molecule has 0 aliphatic carbocycles. The Hall–Kier alpha value is -1.75. The molecule has 3 rings (SSSR count). The zero-order valence-electron chi connectivity index (χ0n) is 16.1. The minimum Gasteiger partial charge on any atom is -0.469 e. The number of benzene rings is 1. The molecule has 1 aliphatic heterocycles. The van der Waals surface area contributed by atoms with Gasteiger partial charge in [0.1, 0.15) is 11.9 Å². The van der Waals surface area contributed by atoms with Crippen molar-refractivity contribution in [2.75, 3.05) is 32.8 Å². The van der Waals surface area contributed by atoms with E-state index in [1.165, 1.54) is 6.07 Å². The van der Waals surface area contributed by atoms with E-state index in [-0.39, 0.29) is 24.0 Å². The summed E-state index contributed by atoms with van der Waals surface area (Å²) in [6.07, 6.45) is -2.49. The zero-order chi connectivity index (χ0) is 20.0. The lowest BCUT2D eigenvalue weighted by Crippen LogP contribution is -2.48. The van der Waals surface area contributed by atoms with Crippen molar-refractivity contribution >= 4 is 29.9 Å². The number of aliphatic imine (C=N–C) groups is 1. The number of ether oxygens (including phenoxy) is 1. The molecular formula is C20H25F3IN3O2. The first-order chi connectivity index (χ1) is 13.5. The van der Waals surface area contributed by atoms with Gasteiger partial charge in [0.15, 0.2) is 5.96 Å². The fourth-order valence-corrected chi connectivity index (χ4v) is 3.11. The van der Waals surface area contributed by atoms with Crippen LogP contribution in [0.1, 0.15) is 29.9 Å². The lowest BCUT2D eigenvalue weighted by molar-refractivity contribution is -0.137. The first-order valence-electron chi connectivity index (χ1n) is 9.31. The molecule has 160 valence electrons. The van der Waals surface area contributed by atoms with E-state index in [0.29, 0.717) is 44.8 Å². The van der Waals surface area contributed by atoms with Gasteiger partial charge in [-0.25, -0.2) is 0 Å². The van der Waals surface area contributed by atoms with E-state index in [0.717, 1.165) is 23.9 Å². The quantitative estimate of drug-likeness (QED) is 0.357. The Balaban J connectivity index is 0.00000300. The van der Waals surface area contributed by atoms with E-state index >= 15 is 0 Å². The SMILES string of the molecule is CCNC(=NCCc1ccco1)N1CCOC(c2cccc(C(F)(F)F)c2)C1.I. The minimum atomic E-state index is -4.37. The van der Waals surface area contributed by atoms with Crippen LogP contribution in [0, 0.1) is 0 Å². The standard InChI is InChI=1S/C20H24F3N3O2.HI/c1-2-24-19(25-9-8-17-7-4-11-27-17)26-10-12-28-18(14-26)15-5-3-6-16(13-15)20(21,22)23;/h3-7,11,13,18H,2,8-10,12,14H2,1H3,(H,24,25);1H. The molecule has 1 aromatic heterocycles. The van der Waals surface area contributed by atoms with Gasteiger partial charge in [-0.2, -0.15) is 13.2 Å². The van der Waals surface area contributed by atoms with Crippen molar-refractivity contribution in [3.05, 3.63) is 59.5 Å². The molecule has 1 unspecified atom stereocenters. The van der Waals surface area contributed by atoms with Crippen LogP contribution in [0.4, 0.5) is 13.2 Å². The number of alkyl halides is 3. The summed E-state index contributed by atoms with van der Waals surface area (Å²) in [6, 6.07) is 9.07. The highest BCUT2D eigenvalue weighted by Gasteiger charge is 2.32. The molecule has 9 heteroatoms. The van der Waals surface area contributed by atoms with Crippen LogP contribution in [0.25, 0.3) is 0 Å². The van der Waals surface area contributed by atoms with Crippen molar-refractivity contribution in [1.82, 2.24) is 10.2 Å². The molecule has 1 aliphatic rings. The average molecular weight is 523 g/mol. The van der Waals surface area contributed by atoms with Crippen LogP contribution in [0.2, 0.25) is 0 Å². The summed E-state index contributed by atoms with van der Waals surface area (Å²) in [5.41, 5.74) is -0.143. The number of furan rings is 1. The van der Waals surface area contributed by atoms with Gasteiger partial charge in [0.25, 0.3) is 0 Å². The van der Waals surface area contributed by atoms with Crippen LogP contribution in [0.15, 0.2) is 52.1 Å². The topological polar surface area (TPSA) is 50.0 Å². The first kappa shape index (κ1) is 23.5. The molecule has 0 amide bonds. The van der Waals surface area contributed by atoms with Gasteiger partial charge >= 0.3 is 6.18 Å². The summed E-state index contributed by atoms with van der Waals surface area (Å²) in [7, 11) is 0. The summed E-state index contributed by atoms with van der Waals surface area (Å²) in [5, 5.41) is 3.25. The Labute approximate surface area is 185 Å². The fraction of sp³-hybridized carbons (Fsp3) is 0.450. The molecule has 5 nitrogen and oxygen atoms in total. The van der Waals surface area contributed by atoms with Gasteiger partial charge in [-0.3, -0.25) is 4.99 Å². The van der Waals surface area contributed by atoms with Crippen LogP contribution in [0.3, 0.4) is 0 Å². The van der Waals surface area contributed by atoms with Crippen LogP contribution in [-0.2, 0) is 17.3 Å². The van der Waals surface area contributed by atoms with Crippen molar-refractivity contribution in [3.8, 4) is 0 Å². The molecule has 2 heterocycles. The van der Waals surface area contributed by atoms with Crippen molar-refractivity contribution in [3.63, 3.8) is 0 Å². The third kappa shape index (κ3) is 6.63. The fourth-order valence-electron chi connectivity index (χ4n) is 3.11. The van der Waals surface area contributed by atoms with Gasteiger partial charge in [0.2, 0.25) is 0 Å². The van der Waals surface area contributed by atoms with E-state index in [4.69, 9.17) is 9.15 Å². The van der Waals surface area contributed by atoms with Crippen LogP contribution in [0.5, 0.6) is 0 Å². The molecule has 1 atom stereocenters. The smallest absolute Gasteiger partial charge is 0.416 e. The lowest BCUT2D eigenvalue weighted by Gasteiger charge is -2.35. The Morgan fingerprint density at radius 2 is 2.10 bits per heavy atom. The minimum absolute atomic E-state index is 0. The molecule has 0 spiro atoms. The van der Waals surface area contributed by atoms with E-state index < -0.39 is 17.8 Å². The maximum Gasteiger partial charge on any atom is 0.416 e. The van der Waals surface area contributed by atoms with Crippen molar-refractivity contribution in [1.29, 1.82) is 0 Å². The van der Waals surface area contributed by atoms with Gasteiger partial charge in [0.05, 0.1) is 25.0 Å². The summed E-state index contributed by atoms with van der Waals surface area (Å²) in [4.78, 5) is 6.66. The zero-order valence-corrected chi connectivity index (χ0v) is 18.4. The Morgan fingerprint density at radius 1 is 1.28 bits per heavy atom. The van der Waals surface area contributed by atoms with E-state index in [2.05, 4.69) is 10.3 Å². The second kappa shape index (κ2) is 10.9. The van der Waals surface area contributed by atoms with Crippen molar-refractivity contribution in [2.24, 2.45) is 4.99 Å². The maximum atomic E-state index is 13.0. The monoisotopic (exact) mass is 523 g/mol. The molecule has 0 bridgehead atoms. The summed E-state index contributed by atoms with van der Waals surface area (Å²) in [6.45, 7) is 4.72. The Bertz CT molecular complexity index is 782. The van der Waals surface area contributed by atoms with E-state index in [1.54, 1.807) is 12.3 Å². The van der Waals surface area contributed by atoms with Gasteiger partial charge in [-0.15, -0.1) is 24.0 Å². The third-order valence-corrected chi connectivity index (χ3v) is 4.49. The Morgan fingerprint density at radius 3 is 2.79 bits per heavy atom. The Kier molecular flexibility index (Phi) is 8.81. The predicted octanol–water partition coefficient (Wildman–Crippen LogP) is 4.50. The predicted molar refractivity (Wildman–Crippen MR) is 116 cm³/mol. The second-order valence-corrected chi connectivity index (χ2v) is 6.49. The number of halogens is 4. The molecule has 29 heavy (non-hydrogen) atoms. The molecule has 1 aromatic carbocycles. The number of nitrogens with zero attached hydrogens (tertiary/aromatic N) is 2. The number of hydrogen-bond acceptors (Lipinski definition) is 3. The highest BCUT2D eigenvalue weighted by molar-refractivity contribution is 14.0.